The molecule has 9 heteroatoms. The number of amides is 2. The second-order valence-electron chi connectivity index (χ2n) is 10.9. The van der Waals surface area contributed by atoms with E-state index in [1.807, 2.05) is 51.1 Å². The largest absolute Gasteiger partial charge is 0.352 e. The van der Waals surface area contributed by atoms with Crippen molar-refractivity contribution >= 4 is 43.5 Å². The van der Waals surface area contributed by atoms with Gasteiger partial charge in [-0.05, 0) is 93.6 Å². The number of sulfonamides is 1. The molecule has 3 aromatic rings. The summed E-state index contributed by atoms with van der Waals surface area (Å²) in [6.07, 6.45) is 3.99. The quantitative estimate of drug-likeness (QED) is 0.293. The van der Waals surface area contributed by atoms with E-state index in [0.29, 0.717) is 5.69 Å². The van der Waals surface area contributed by atoms with Crippen molar-refractivity contribution in [2.24, 2.45) is 0 Å². The summed E-state index contributed by atoms with van der Waals surface area (Å²) >= 11 is 3.48. The molecule has 1 N–H and O–H groups in total. The van der Waals surface area contributed by atoms with Crippen molar-refractivity contribution in [2.45, 2.75) is 76.9 Å². The standard InChI is InChI=1S/C32H38BrN3O4S/c1-22-12-16-30(17-13-22)41(39,40)36(29-15-14-23(2)24(3)18-29)21-31(37)35(20-26-8-7-9-27(33)19-26)25(4)32(38)34-28-10-5-6-11-28/h7-9,12-19,25,28H,5-6,10-11,20-21H2,1-4H3,(H,34,38)/t25-/m0/s1. The Hall–Kier alpha value is -3.17. The van der Waals surface area contributed by atoms with Crippen molar-refractivity contribution < 1.29 is 18.0 Å². The summed E-state index contributed by atoms with van der Waals surface area (Å²) in [7, 11) is -4.10. The van der Waals surface area contributed by atoms with Crippen LogP contribution in [0.25, 0.3) is 0 Å². The van der Waals surface area contributed by atoms with Gasteiger partial charge < -0.3 is 10.2 Å². The summed E-state index contributed by atoms with van der Waals surface area (Å²) in [6.45, 7) is 7.16. The van der Waals surface area contributed by atoms with Gasteiger partial charge in [0.1, 0.15) is 12.6 Å². The molecule has 7 nitrogen and oxygen atoms in total. The highest BCUT2D eigenvalue weighted by molar-refractivity contribution is 9.10. The second kappa shape index (κ2) is 13.2. The Morgan fingerprint density at radius 3 is 2.27 bits per heavy atom. The average molecular weight is 641 g/mol. The Balaban J connectivity index is 1.70. The number of rotatable bonds is 10. The maximum atomic E-state index is 14.1. The molecule has 0 heterocycles. The summed E-state index contributed by atoms with van der Waals surface area (Å²) in [5, 5.41) is 3.10. The maximum Gasteiger partial charge on any atom is 0.264 e. The molecule has 1 aliphatic carbocycles. The second-order valence-corrected chi connectivity index (χ2v) is 13.7. The molecule has 3 aromatic carbocycles. The van der Waals surface area contributed by atoms with Gasteiger partial charge in [-0.15, -0.1) is 0 Å². The summed E-state index contributed by atoms with van der Waals surface area (Å²) in [6, 6.07) is 18.8. The molecular weight excluding hydrogens is 602 g/mol. The molecule has 41 heavy (non-hydrogen) atoms. The summed E-state index contributed by atoms with van der Waals surface area (Å²) in [5.74, 6) is -0.702. The Bertz CT molecular complexity index is 1500. The number of hydrogen-bond acceptors (Lipinski definition) is 4. The number of carbonyl (C=O) groups excluding carboxylic acids is 2. The van der Waals surface area contributed by atoms with Crippen LogP contribution in [0.4, 0.5) is 5.69 Å². The molecule has 1 fully saturated rings. The van der Waals surface area contributed by atoms with E-state index >= 15 is 0 Å². The van der Waals surface area contributed by atoms with Crippen molar-refractivity contribution in [1.82, 2.24) is 10.2 Å². The first kappa shape index (κ1) is 30.8. The van der Waals surface area contributed by atoms with Crippen LogP contribution in [0.15, 0.2) is 76.1 Å². The van der Waals surface area contributed by atoms with Gasteiger partial charge in [0.25, 0.3) is 10.0 Å². The Morgan fingerprint density at radius 1 is 0.951 bits per heavy atom. The highest BCUT2D eigenvalue weighted by Crippen LogP contribution is 2.27. The minimum atomic E-state index is -4.10. The molecule has 0 radical (unpaired) electrons. The Morgan fingerprint density at radius 2 is 1.63 bits per heavy atom. The monoisotopic (exact) mass is 639 g/mol. The van der Waals surface area contributed by atoms with E-state index in [4.69, 9.17) is 0 Å². The fraction of sp³-hybridized carbons (Fsp3) is 0.375. The van der Waals surface area contributed by atoms with Crippen LogP contribution in [0, 0.1) is 20.8 Å². The number of nitrogens with one attached hydrogen (secondary N) is 1. The lowest BCUT2D eigenvalue weighted by Crippen LogP contribution is -2.52. The molecule has 0 aliphatic heterocycles. The van der Waals surface area contributed by atoms with E-state index in [9.17, 15) is 18.0 Å². The van der Waals surface area contributed by atoms with Gasteiger partial charge in [-0.25, -0.2) is 8.42 Å². The highest BCUT2D eigenvalue weighted by atomic mass is 79.9. The zero-order valence-electron chi connectivity index (χ0n) is 24.1. The smallest absolute Gasteiger partial charge is 0.264 e. The summed E-state index contributed by atoms with van der Waals surface area (Å²) in [5.41, 5.74) is 4.08. The van der Waals surface area contributed by atoms with Crippen molar-refractivity contribution in [3.63, 3.8) is 0 Å². The molecule has 0 aromatic heterocycles. The number of anilines is 1. The van der Waals surface area contributed by atoms with Crippen molar-refractivity contribution in [3.8, 4) is 0 Å². The molecule has 1 atom stereocenters. The number of halogens is 1. The van der Waals surface area contributed by atoms with Crippen LogP contribution in [0.5, 0.6) is 0 Å². The van der Waals surface area contributed by atoms with Crippen molar-refractivity contribution in [1.29, 1.82) is 0 Å². The van der Waals surface area contributed by atoms with Crippen molar-refractivity contribution in [2.75, 3.05) is 10.8 Å². The molecule has 0 spiro atoms. The normalized spacial score (nSPS) is 14.5. The van der Waals surface area contributed by atoms with Gasteiger partial charge in [0.2, 0.25) is 11.8 Å². The van der Waals surface area contributed by atoms with Gasteiger partial charge >= 0.3 is 0 Å². The molecule has 1 aliphatic rings. The Kier molecular flexibility index (Phi) is 9.92. The van der Waals surface area contributed by atoms with E-state index in [-0.39, 0.29) is 23.4 Å². The third kappa shape index (κ3) is 7.57. The third-order valence-electron chi connectivity index (χ3n) is 7.78. The summed E-state index contributed by atoms with van der Waals surface area (Å²) < 4.78 is 30.0. The number of aryl methyl sites for hydroxylation is 3. The van der Waals surface area contributed by atoms with Crippen LogP contribution in [0.2, 0.25) is 0 Å². The van der Waals surface area contributed by atoms with Crippen LogP contribution in [-0.2, 0) is 26.2 Å². The number of carbonyl (C=O) groups is 2. The molecule has 0 unspecified atom stereocenters. The van der Waals surface area contributed by atoms with Gasteiger partial charge in [0, 0.05) is 17.1 Å². The van der Waals surface area contributed by atoms with Crippen LogP contribution in [0.1, 0.15) is 54.9 Å². The van der Waals surface area contributed by atoms with Gasteiger partial charge in [-0.3, -0.25) is 13.9 Å². The van der Waals surface area contributed by atoms with Gasteiger partial charge in [-0.2, -0.15) is 0 Å². The van der Waals surface area contributed by atoms with Crippen LogP contribution < -0.4 is 9.62 Å². The SMILES string of the molecule is Cc1ccc(S(=O)(=O)N(CC(=O)N(Cc2cccc(Br)c2)[C@@H](C)C(=O)NC2CCCC2)c2ccc(C)c(C)c2)cc1. The lowest BCUT2D eigenvalue weighted by molar-refractivity contribution is -0.139. The lowest BCUT2D eigenvalue weighted by Gasteiger charge is -2.32. The molecule has 2 amide bonds. The minimum Gasteiger partial charge on any atom is -0.352 e. The van der Waals surface area contributed by atoms with Crippen LogP contribution >= 0.6 is 15.9 Å². The molecular formula is C32H38BrN3O4S. The first-order valence-electron chi connectivity index (χ1n) is 14.0. The third-order valence-corrected chi connectivity index (χ3v) is 10.1. The minimum absolute atomic E-state index is 0.0969. The molecule has 1 saturated carbocycles. The van der Waals surface area contributed by atoms with E-state index < -0.39 is 28.5 Å². The zero-order chi connectivity index (χ0) is 29.7. The fourth-order valence-corrected chi connectivity index (χ4v) is 6.91. The van der Waals surface area contributed by atoms with Gasteiger partial charge in [0.05, 0.1) is 10.6 Å². The number of nitrogens with zero attached hydrogens (tertiary/aromatic N) is 2. The van der Waals surface area contributed by atoms with Gasteiger partial charge in [0.15, 0.2) is 0 Å². The van der Waals surface area contributed by atoms with Crippen molar-refractivity contribution in [3.05, 3.63) is 93.5 Å². The topological polar surface area (TPSA) is 86.8 Å². The molecule has 4 rings (SSSR count). The number of benzene rings is 3. The summed E-state index contributed by atoms with van der Waals surface area (Å²) in [4.78, 5) is 29.0. The average Bonchev–Trinajstić information content (AvgIpc) is 3.44. The molecule has 218 valence electrons. The van der Waals surface area contributed by atoms with Gasteiger partial charge in [-0.1, -0.05) is 64.7 Å². The van der Waals surface area contributed by atoms with Crippen LogP contribution in [-0.4, -0.2) is 43.8 Å². The first-order valence-corrected chi connectivity index (χ1v) is 16.2. The lowest BCUT2D eigenvalue weighted by atomic mass is 10.1. The van der Waals surface area contributed by atoms with Crippen LogP contribution in [0.3, 0.4) is 0 Å². The zero-order valence-corrected chi connectivity index (χ0v) is 26.5. The molecule has 0 bridgehead atoms. The van der Waals surface area contributed by atoms with E-state index in [1.54, 1.807) is 43.3 Å². The highest BCUT2D eigenvalue weighted by Gasteiger charge is 2.33. The fourth-order valence-electron chi connectivity index (χ4n) is 5.05. The number of hydrogen-bond donors (Lipinski definition) is 1. The first-order chi connectivity index (χ1) is 19.5. The predicted octanol–water partition coefficient (Wildman–Crippen LogP) is 6.05. The van der Waals surface area contributed by atoms with E-state index in [2.05, 4.69) is 21.2 Å². The van der Waals surface area contributed by atoms with E-state index in [1.165, 1.54) is 4.90 Å². The predicted molar refractivity (Wildman–Crippen MR) is 166 cm³/mol. The Labute approximate surface area is 252 Å². The molecule has 0 saturated heterocycles. The van der Waals surface area contributed by atoms with E-state index in [0.717, 1.165) is 56.7 Å². The maximum absolute atomic E-state index is 14.1.